The van der Waals surface area contributed by atoms with Gasteiger partial charge in [-0.15, -0.1) is 24.0 Å². The van der Waals surface area contributed by atoms with E-state index in [2.05, 4.69) is 51.8 Å². The van der Waals surface area contributed by atoms with Crippen molar-refractivity contribution in [2.75, 3.05) is 46.7 Å². The van der Waals surface area contributed by atoms with Crippen LogP contribution in [0.2, 0.25) is 0 Å². The molecule has 0 aromatic heterocycles. The molecule has 2 rings (SSSR count). The summed E-state index contributed by atoms with van der Waals surface area (Å²) in [5, 5.41) is 6.62. The average Bonchev–Trinajstić information content (AvgIpc) is 2.70. The van der Waals surface area contributed by atoms with Crippen molar-refractivity contribution in [1.29, 1.82) is 0 Å². The molecule has 6 nitrogen and oxygen atoms in total. The molecule has 2 aromatic rings. The van der Waals surface area contributed by atoms with Crippen LogP contribution in [0.5, 0.6) is 11.5 Å². The van der Waals surface area contributed by atoms with Crippen molar-refractivity contribution in [2.24, 2.45) is 4.99 Å². The molecule has 2 aromatic carbocycles. The molecule has 0 spiro atoms. The molecule has 28 heavy (non-hydrogen) atoms. The first-order valence-electron chi connectivity index (χ1n) is 9.08. The number of hydrogen-bond acceptors (Lipinski definition) is 4. The molecule has 0 atom stereocenters. The van der Waals surface area contributed by atoms with Crippen LogP contribution in [0.4, 0.5) is 5.69 Å². The summed E-state index contributed by atoms with van der Waals surface area (Å²) in [5.41, 5.74) is 2.22. The first-order valence-corrected chi connectivity index (χ1v) is 9.08. The number of guanidine groups is 1. The second-order valence-corrected chi connectivity index (χ2v) is 6.27. The van der Waals surface area contributed by atoms with Crippen LogP contribution in [0.15, 0.2) is 53.5 Å². The van der Waals surface area contributed by atoms with Crippen LogP contribution in [-0.2, 0) is 6.54 Å². The molecule has 0 radical (unpaired) electrons. The third-order valence-corrected chi connectivity index (χ3v) is 4.17. The van der Waals surface area contributed by atoms with E-state index in [-0.39, 0.29) is 24.0 Å². The highest BCUT2D eigenvalue weighted by molar-refractivity contribution is 14.0. The van der Waals surface area contributed by atoms with Gasteiger partial charge in [0.15, 0.2) is 17.5 Å². The third kappa shape index (κ3) is 7.93. The zero-order valence-electron chi connectivity index (χ0n) is 17.1. The largest absolute Gasteiger partial charge is 0.493 e. The lowest BCUT2D eigenvalue weighted by atomic mass is 10.2. The predicted octanol–water partition coefficient (Wildman–Crippen LogP) is 3.83. The number of aliphatic imine (C=N–C) groups is 1. The Hall–Kier alpha value is -2.00. The van der Waals surface area contributed by atoms with E-state index in [4.69, 9.17) is 9.47 Å². The summed E-state index contributed by atoms with van der Waals surface area (Å²) in [7, 11) is 7.15. The first-order chi connectivity index (χ1) is 13.2. The number of nitrogens with zero attached hydrogens (tertiary/aromatic N) is 2. The summed E-state index contributed by atoms with van der Waals surface area (Å²) in [6.07, 6.45) is 1.02. The van der Waals surface area contributed by atoms with Crippen LogP contribution in [-0.4, -0.2) is 52.3 Å². The van der Waals surface area contributed by atoms with Crippen LogP contribution in [0.3, 0.4) is 0 Å². The number of rotatable bonds is 9. The second-order valence-electron chi connectivity index (χ2n) is 6.27. The number of halogens is 1. The number of nitrogens with one attached hydrogen (secondary N) is 2. The van der Waals surface area contributed by atoms with Crippen molar-refractivity contribution in [3.8, 4) is 11.5 Å². The number of methoxy groups -OCH3 is 2. The van der Waals surface area contributed by atoms with Gasteiger partial charge in [0.2, 0.25) is 0 Å². The van der Waals surface area contributed by atoms with E-state index in [1.54, 1.807) is 21.3 Å². The standard InChI is InChI=1S/C21H30N4O2.HI/c1-22-21(24-18-11-12-19(26-3)20(15-18)27-4)23-13-8-14-25(2)16-17-9-6-5-7-10-17;/h5-7,9-12,15H,8,13-14,16H2,1-4H3,(H2,22,23,24);1H. The van der Waals surface area contributed by atoms with Gasteiger partial charge in [0, 0.05) is 31.9 Å². The summed E-state index contributed by atoms with van der Waals surface area (Å²) in [6.45, 7) is 2.81. The molecule has 0 heterocycles. The van der Waals surface area contributed by atoms with Crippen molar-refractivity contribution in [1.82, 2.24) is 10.2 Å². The second kappa shape index (κ2) is 13.2. The lowest BCUT2D eigenvalue weighted by Gasteiger charge is -2.18. The van der Waals surface area contributed by atoms with Gasteiger partial charge in [-0.1, -0.05) is 30.3 Å². The van der Waals surface area contributed by atoms with E-state index in [9.17, 15) is 0 Å². The highest BCUT2D eigenvalue weighted by atomic mass is 127. The Morgan fingerprint density at radius 2 is 1.75 bits per heavy atom. The smallest absolute Gasteiger partial charge is 0.195 e. The van der Waals surface area contributed by atoms with Gasteiger partial charge in [0.05, 0.1) is 14.2 Å². The number of benzene rings is 2. The minimum Gasteiger partial charge on any atom is -0.493 e. The minimum absolute atomic E-state index is 0. The molecule has 0 aliphatic heterocycles. The Kier molecular flexibility index (Phi) is 11.4. The summed E-state index contributed by atoms with van der Waals surface area (Å²) in [5.74, 6) is 2.11. The maximum atomic E-state index is 5.34. The van der Waals surface area contributed by atoms with E-state index in [0.717, 1.165) is 37.7 Å². The Balaban J connectivity index is 0.00000392. The van der Waals surface area contributed by atoms with Crippen LogP contribution in [0.25, 0.3) is 0 Å². The molecule has 0 bridgehead atoms. The summed E-state index contributed by atoms with van der Waals surface area (Å²) in [6, 6.07) is 16.2. The average molecular weight is 498 g/mol. The maximum Gasteiger partial charge on any atom is 0.195 e. The fourth-order valence-electron chi connectivity index (χ4n) is 2.76. The van der Waals surface area contributed by atoms with Gasteiger partial charge < -0.3 is 25.0 Å². The number of anilines is 1. The highest BCUT2D eigenvalue weighted by Crippen LogP contribution is 2.29. The molecule has 0 aliphatic rings. The molecule has 0 fully saturated rings. The van der Waals surface area contributed by atoms with Gasteiger partial charge in [-0.3, -0.25) is 4.99 Å². The molecule has 0 saturated carbocycles. The topological polar surface area (TPSA) is 58.1 Å². The van der Waals surface area contributed by atoms with Crippen LogP contribution >= 0.6 is 24.0 Å². The van der Waals surface area contributed by atoms with Crippen LogP contribution in [0, 0.1) is 0 Å². The van der Waals surface area contributed by atoms with Crippen molar-refractivity contribution in [3.63, 3.8) is 0 Å². The number of hydrogen-bond donors (Lipinski definition) is 2. The molecule has 7 heteroatoms. The lowest BCUT2D eigenvalue weighted by molar-refractivity contribution is 0.322. The Labute approximate surface area is 185 Å². The van der Waals surface area contributed by atoms with Gasteiger partial charge in [0.1, 0.15) is 0 Å². The zero-order valence-corrected chi connectivity index (χ0v) is 19.4. The molecule has 2 N–H and O–H groups in total. The van der Waals surface area contributed by atoms with Gasteiger partial charge in [0.25, 0.3) is 0 Å². The number of ether oxygens (including phenoxy) is 2. The lowest BCUT2D eigenvalue weighted by Crippen LogP contribution is -2.33. The molecule has 0 amide bonds. The Bertz CT molecular complexity index is 726. The first kappa shape index (κ1) is 24.0. The normalized spacial score (nSPS) is 11.0. The third-order valence-electron chi connectivity index (χ3n) is 4.17. The molecule has 0 aliphatic carbocycles. The van der Waals surface area contributed by atoms with Crippen LogP contribution in [0.1, 0.15) is 12.0 Å². The van der Waals surface area contributed by atoms with Crippen LogP contribution < -0.4 is 20.1 Å². The van der Waals surface area contributed by atoms with E-state index in [1.165, 1.54) is 5.56 Å². The van der Waals surface area contributed by atoms with Crippen molar-refractivity contribution < 1.29 is 9.47 Å². The summed E-state index contributed by atoms with van der Waals surface area (Å²) >= 11 is 0. The quantitative estimate of drug-likeness (QED) is 0.238. The minimum atomic E-state index is 0. The van der Waals surface area contributed by atoms with Gasteiger partial charge in [-0.05, 0) is 37.7 Å². The predicted molar refractivity (Wildman–Crippen MR) is 127 cm³/mol. The fraction of sp³-hybridized carbons (Fsp3) is 0.381. The monoisotopic (exact) mass is 498 g/mol. The molecule has 154 valence electrons. The molecule has 0 unspecified atom stereocenters. The van der Waals surface area contributed by atoms with Gasteiger partial charge in [-0.2, -0.15) is 0 Å². The summed E-state index contributed by atoms with van der Waals surface area (Å²) < 4.78 is 10.6. The Morgan fingerprint density at radius 1 is 1.04 bits per heavy atom. The van der Waals surface area contributed by atoms with E-state index in [1.807, 2.05) is 24.3 Å². The van der Waals surface area contributed by atoms with E-state index >= 15 is 0 Å². The van der Waals surface area contributed by atoms with E-state index in [0.29, 0.717) is 11.5 Å². The molecule has 0 saturated heterocycles. The molecular weight excluding hydrogens is 467 g/mol. The van der Waals surface area contributed by atoms with Crippen molar-refractivity contribution in [2.45, 2.75) is 13.0 Å². The fourth-order valence-corrected chi connectivity index (χ4v) is 2.76. The SMILES string of the molecule is CN=C(NCCCN(C)Cc1ccccc1)Nc1ccc(OC)c(OC)c1.I. The van der Waals surface area contributed by atoms with Gasteiger partial charge in [-0.25, -0.2) is 0 Å². The highest BCUT2D eigenvalue weighted by Gasteiger charge is 2.06. The maximum absolute atomic E-state index is 5.34. The van der Waals surface area contributed by atoms with Crippen molar-refractivity contribution >= 4 is 35.6 Å². The van der Waals surface area contributed by atoms with Crippen molar-refractivity contribution in [3.05, 3.63) is 54.1 Å². The Morgan fingerprint density at radius 3 is 2.39 bits per heavy atom. The zero-order chi connectivity index (χ0) is 19.5. The van der Waals surface area contributed by atoms with E-state index < -0.39 is 0 Å². The molecular formula is C21H31IN4O2. The van der Waals surface area contributed by atoms with Gasteiger partial charge >= 0.3 is 0 Å². The summed E-state index contributed by atoms with van der Waals surface area (Å²) in [4.78, 5) is 6.60.